The van der Waals surface area contributed by atoms with Gasteiger partial charge in [0.1, 0.15) is 30.2 Å². The number of carbonyl (C=O) groups is 2. The van der Waals surface area contributed by atoms with Gasteiger partial charge in [-0.3, -0.25) is 9.59 Å². The maximum Gasteiger partial charge on any atom is 0.307 e. The van der Waals surface area contributed by atoms with Gasteiger partial charge in [0.25, 0.3) is 5.91 Å². The highest BCUT2D eigenvalue weighted by molar-refractivity contribution is 6.07. The Morgan fingerprint density at radius 3 is 2.56 bits per heavy atom. The summed E-state index contributed by atoms with van der Waals surface area (Å²) in [6.45, 7) is -0.646. The van der Waals surface area contributed by atoms with Crippen LogP contribution in [0.1, 0.15) is 12.0 Å². The zero-order valence-corrected chi connectivity index (χ0v) is 13.8. The van der Waals surface area contributed by atoms with Gasteiger partial charge in [-0.25, -0.2) is 0 Å². The first-order valence-corrected chi connectivity index (χ1v) is 8.05. The van der Waals surface area contributed by atoms with Gasteiger partial charge in [-0.15, -0.1) is 0 Å². The second-order valence-corrected chi connectivity index (χ2v) is 6.38. The molecule has 1 aromatic rings. The fourth-order valence-corrected chi connectivity index (χ4v) is 3.13. The molecule has 0 radical (unpaired) electrons. The molecule has 2 aliphatic heterocycles. The van der Waals surface area contributed by atoms with E-state index in [1.165, 1.54) is 18.2 Å². The smallest absolute Gasteiger partial charge is 0.307 e. The number of amides is 1. The van der Waals surface area contributed by atoms with Crippen LogP contribution in [-0.4, -0.2) is 79.8 Å². The molecule has 2 aliphatic rings. The van der Waals surface area contributed by atoms with Crippen LogP contribution in [0.25, 0.3) is 0 Å². The normalized spacial score (nSPS) is 35.4. The summed E-state index contributed by atoms with van der Waals surface area (Å²) in [6.07, 6.45) is -8.45. The summed E-state index contributed by atoms with van der Waals surface area (Å²) < 4.78 is 10.7. The molecule has 6 atom stereocenters. The highest BCUT2D eigenvalue weighted by Crippen LogP contribution is 2.44. The Hall–Kier alpha value is -2.28. The molecule has 0 saturated carbocycles. The number of anilines is 1. The van der Waals surface area contributed by atoms with Crippen LogP contribution in [0.5, 0.6) is 5.75 Å². The van der Waals surface area contributed by atoms with Crippen molar-refractivity contribution in [2.75, 3.05) is 11.9 Å². The van der Waals surface area contributed by atoms with Gasteiger partial charge in [0.15, 0.2) is 5.60 Å². The molecule has 11 nitrogen and oxygen atoms in total. The van der Waals surface area contributed by atoms with Gasteiger partial charge in [-0.05, 0) is 6.07 Å². The second kappa shape index (κ2) is 7.03. The minimum atomic E-state index is -2.30. The number of fused-ring (bicyclic) bond motifs is 1. The highest BCUT2D eigenvalue weighted by Gasteiger charge is 2.49. The lowest BCUT2D eigenvalue weighted by Crippen LogP contribution is -2.60. The van der Waals surface area contributed by atoms with Crippen LogP contribution in [0.2, 0.25) is 0 Å². The number of rotatable bonds is 5. The fourth-order valence-electron chi connectivity index (χ4n) is 3.13. The number of aliphatic hydroxyl groups excluding tert-OH is 4. The van der Waals surface area contributed by atoms with Crippen LogP contribution in [-0.2, 0) is 19.9 Å². The van der Waals surface area contributed by atoms with Crippen LogP contribution >= 0.6 is 0 Å². The van der Waals surface area contributed by atoms with Gasteiger partial charge in [0.2, 0.25) is 6.29 Å². The van der Waals surface area contributed by atoms with Crippen LogP contribution in [0.4, 0.5) is 5.69 Å². The summed E-state index contributed by atoms with van der Waals surface area (Å²) in [6, 6.07) is 4.11. The number of hydrogen-bond acceptors (Lipinski definition) is 9. The molecule has 1 fully saturated rings. The molecule has 1 aromatic carbocycles. The monoisotopic (exact) mass is 385 g/mol. The second-order valence-electron chi connectivity index (χ2n) is 6.38. The summed E-state index contributed by atoms with van der Waals surface area (Å²) in [5.41, 5.74) is -2.34. The molecular weight excluding hydrogens is 366 g/mol. The molecule has 0 aliphatic carbocycles. The van der Waals surface area contributed by atoms with E-state index in [0.29, 0.717) is 0 Å². The zero-order chi connectivity index (χ0) is 19.9. The lowest BCUT2D eigenvalue weighted by molar-refractivity contribution is -0.277. The summed E-state index contributed by atoms with van der Waals surface area (Å²) in [5.74, 6) is -2.41. The van der Waals surface area contributed by atoms with E-state index in [0.717, 1.165) is 0 Å². The summed E-state index contributed by atoms with van der Waals surface area (Å²) >= 11 is 0. The first-order chi connectivity index (χ1) is 12.7. The van der Waals surface area contributed by atoms with E-state index < -0.39 is 61.2 Å². The number of carboxylic acid groups (broad SMARTS) is 1. The van der Waals surface area contributed by atoms with E-state index in [9.17, 15) is 35.1 Å². The third-order valence-electron chi connectivity index (χ3n) is 4.58. The van der Waals surface area contributed by atoms with Crippen molar-refractivity contribution in [3.63, 3.8) is 0 Å². The molecular formula is C16H19NO10. The van der Waals surface area contributed by atoms with Crippen LogP contribution < -0.4 is 10.1 Å². The third-order valence-corrected chi connectivity index (χ3v) is 4.58. The summed E-state index contributed by atoms with van der Waals surface area (Å²) in [4.78, 5) is 23.1. The SMILES string of the molecule is O=C(O)CC1(O)C(=O)Nc2c(OC3OC(CO)C(O)C(O)C3O)cccc21. The topological polar surface area (TPSA) is 186 Å². The lowest BCUT2D eigenvalue weighted by Gasteiger charge is -2.39. The Labute approximate surface area is 152 Å². The van der Waals surface area contributed by atoms with Crippen molar-refractivity contribution in [2.24, 2.45) is 0 Å². The number of carboxylic acids is 1. The van der Waals surface area contributed by atoms with E-state index in [-0.39, 0.29) is 17.0 Å². The highest BCUT2D eigenvalue weighted by atomic mass is 16.7. The predicted octanol–water partition coefficient (Wildman–Crippen LogP) is -2.52. The third kappa shape index (κ3) is 3.25. The number of benzene rings is 1. The van der Waals surface area contributed by atoms with Crippen LogP contribution in [0.15, 0.2) is 18.2 Å². The number of para-hydroxylation sites is 1. The van der Waals surface area contributed by atoms with Crippen molar-refractivity contribution in [1.29, 1.82) is 0 Å². The molecule has 3 rings (SSSR count). The van der Waals surface area contributed by atoms with Gasteiger partial charge in [-0.1, -0.05) is 12.1 Å². The number of carbonyl (C=O) groups excluding carboxylic acids is 1. The molecule has 0 aromatic heterocycles. The Bertz CT molecular complexity index is 753. The molecule has 6 unspecified atom stereocenters. The van der Waals surface area contributed by atoms with E-state index in [4.69, 9.17) is 14.6 Å². The van der Waals surface area contributed by atoms with Crippen molar-refractivity contribution in [3.05, 3.63) is 23.8 Å². The van der Waals surface area contributed by atoms with Crippen molar-refractivity contribution in [3.8, 4) is 5.75 Å². The number of aliphatic carboxylic acids is 1. The molecule has 2 heterocycles. The lowest BCUT2D eigenvalue weighted by atomic mass is 9.92. The van der Waals surface area contributed by atoms with E-state index >= 15 is 0 Å². The van der Waals surface area contributed by atoms with Gasteiger partial charge in [0.05, 0.1) is 18.7 Å². The summed E-state index contributed by atoms with van der Waals surface area (Å²) in [7, 11) is 0. The molecule has 11 heteroatoms. The quantitative estimate of drug-likeness (QED) is 0.285. The summed E-state index contributed by atoms with van der Waals surface area (Å²) in [5, 5.41) is 60.6. The van der Waals surface area contributed by atoms with E-state index in [1.54, 1.807) is 0 Å². The van der Waals surface area contributed by atoms with E-state index in [2.05, 4.69) is 5.32 Å². The number of ether oxygens (including phenoxy) is 2. The van der Waals surface area contributed by atoms with Gasteiger partial charge >= 0.3 is 5.97 Å². The predicted molar refractivity (Wildman–Crippen MR) is 85.6 cm³/mol. The minimum absolute atomic E-state index is 0.0109. The Morgan fingerprint density at radius 1 is 1.22 bits per heavy atom. The molecule has 0 spiro atoms. The van der Waals surface area contributed by atoms with Crippen molar-refractivity contribution in [2.45, 2.75) is 42.7 Å². The molecule has 1 amide bonds. The zero-order valence-electron chi connectivity index (χ0n) is 13.8. The standard InChI is InChI=1S/C16H19NO10/c18-5-8-11(21)12(22)13(23)14(27-8)26-7-3-1-2-6-10(7)17-15(24)16(6,25)4-9(19)20/h1-3,8,11-14,18,21-23,25H,4-5H2,(H,17,24)(H,19,20). The van der Waals surface area contributed by atoms with Gasteiger partial charge in [-0.2, -0.15) is 0 Å². The van der Waals surface area contributed by atoms with Crippen LogP contribution in [0.3, 0.4) is 0 Å². The van der Waals surface area contributed by atoms with Crippen molar-refractivity contribution < 1.29 is 49.7 Å². The van der Waals surface area contributed by atoms with Crippen molar-refractivity contribution >= 4 is 17.6 Å². The number of aliphatic hydroxyl groups is 5. The molecule has 7 N–H and O–H groups in total. The molecule has 1 saturated heterocycles. The fraction of sp³-hybridized carbons (Fsp3) is 0.500. The maximum absolute atomic E-state index is 12.1. The number of nitrogens with one attached hydrogen (secondary N) is 1. The Kier molecular flexibility index (Phi) is 5.08. The molecule has 148 valence electrons. The average molecular weight is 385 g/mol. The molecule has 27 heavy (non-hydrogen) atoms. The maximum atomic E-state index is 12.1. The van der Waals surface area contributed by atoms with Gasteiger partial charge in [0, 0.05) is 5.56 Å². The largest absolute Gasteiger partial charge is 0.481 e. The average Bonchev–Trinajstić information content (AvgIpc) is 2.86. The first-order valence-electron chi connectivity index (χ1n) is 8.05. The Morgan fingerprint density at radius 2 is 1.93 bits per heavy atom. The molecule has 0 bridgehead atoms. The minimum Gasteiger partial charge on any atom is -0.481 e. The number of hydrogen-bond donors (Lipinski definition) is 7. The van der Waals surface area contributed by atoms with Crippen LogP contribution in [0, 0.1) is 0 Å². The first kappa shape index (κ1) is 19.5. The van der Waals surface area contributed by atoms with Gasteiger partial charge < -0.3 is 45.4 Å². The van der Waals surface area contributed by atoms with E-state index in [1.807, 2.05) is 0 Å². The Balaban J connectivity index is 1.90. The van der Waals surface area contributed by atoms with Crippen molar-refractivity contribution in [1.82, 2.24) is 0 Å².